The maximum Gasteiger partial charge on any atom is 0.191 e. The Morgan fingerprint density at radius 2 is 2.08 bits per heavy atom. The summed E-state index contributed by atoms with van der Waals surface area (Å²) in [5.74, 6) is 1.20. The molecule has 0 unspecified atom stereocenters. The number of nitrogens with zero attached hydrogens (tertiary/aromatic N) is 1. The number of ketones is 1. The van der Waals surface area contributed by atoms with Crippen LogP contribution in [0, 0.1) is 17.8 Å². The number of rotatable bonds is 4. The van der Waals surface area contributed by atoms with Crippen molar-refractivity contribution in [2.24, 2.45) is 17.8 Å². The first-order valence-electron chi connectivity index (χ1n) is 9.15. The van der Waals surface area contributed by atoms with E-state index in [9.17, 15) is 15.0 Å². The van der Waals surface area contributed by atoms with Gasteiger partial charge in [0.05, 0.1) is 16.9 Å². The number of carbonyl (C=O) groups excluding carboxylic acids is 1. The third-order valence-electron chi connectivity index (χ3n) is 6.58. The minimum absolute atomic E-state index is 0.266. The van der Waals surface area contributed by atoms with Crippen LogP contribution in [0.1, 0.15) is 42.5 Å². The molecule has 4 saturated carbocycles. The van der Waals surface area contributed by atoms with Gasteiger partial charge in [-0.1, -0.05) is 0 Å². The molecule has 2 heterocycles. The Bertz CT molecular complexity index is 830. The molecule has 2 aromatic rings. The second-order valence-electron chi connectivity index (χ2n) is 8.23. The average molecular weight is 341 g/mol. The van der Waals surface area contributed by atoms with E-state index in [4.69, 9.17) is 0 Å². The standard InChI is InChI=1S/C19H23N3O3/c23-9-15(24)14-8-21-18-13(1-2-20-18)17(14)22-16-11-3-10-4-12(16)7-19(25,5-10)6-11/h1-2,8,10-12,16,23,25H,3-7,9H2,(H2,20,21,22)/t10?,11-,12-,16?,19?/m0/s1. The molecule has 4 aliphatic carbocycles. The van der Waals surface area contributed by atoms with Crippen LogP contribution in [0.15, 0.2) is 18.5 Å². The maximum atomic E-state index is 12.2. The van der Waals surface area contributed by atoms with Gasteiger partial charge in [0.1, 0.15) is 12.3 Å². The summed E-state index contributed by atoms with van der Waals surface area (Å²) in [4.78, 5) is 19.6. The van der Waals surface area contributed by atoms with Crippen molar-refractivity contribution in [2.75, 3.05) is 11.9 Å². The largest absolute Gasteiger partial charge is 0.390 e. The number of hydrogen-bond acceptors (Lipinski definition) is 5. The first kappa shape index (κ1) is 15.3. The molecule has 2 aromatic heterocycles. The van der Waals surface area contributed by atoms with Gasteiger partial charge in [0.2, 0.25) is 0 Å². The van der Waals surface area contributed by atoms with Gasteiger partial charge in [-0.2, -0.15) is 0 Å². The lowest BCUT2D eigenvalue weighted by atomic mass is 9.52. The molecule has 0 spiro atoms. The summed E-state index contributed by atoms with van der Waals surface area (Å²) in [7, 11) is 0. The van der Waals surface area contributed by atoms with Gasteiger partial charge < -0.3 is 20.5 Å². The van der Waals surface area contributed by atoms with E-state index in [1.54, 1.807) is 6.20 Å². The monoisotopic (exact) mass is 341 g/mol. The van der Waals surface area contributed by atoms with Crippen LogP contribution in [-0.2, 0) is 0 Å². The number of Topliss-reactive ketones (excluding diaryl/α,β-unsaturated/α-hetero) is 1. The number of aromatic nitrogens is 2. The van der Waals surface area contributed by atoms with E-state index < -0.39 is 12.2 Å². The Hall–Kier alpha value is -1.92. The Morgan fingerprint density at radius 1 is 1.32 bits per heavy atom. The fourth-order valence-electron chi connectivity index (χ4n) is 5.84. The van der Waals surface area contributed by atoms with E-state index in [1.807, 2.05) is 12.3 Å². The van der Waals surface area contributed by atoms with E-state index in [0.717, 1.165) is 48.8 Å². The molecule has 0 aliphatic heterocycles. The zero-order valence-corrected chi connectivity index (χ0v) is 14.0. The number of anilines is 1. The summed E-state index contributed by atoms with van der Waals surface area (Å²) in [5.41, 5.74) is 1.48. The fourth-order valence-corrected chi connectivity index (χ4v) is 5.84. The van der Waals surface area contributed by atoms with Crippen molar-refractivity contribution in [3.8, 4) is 0 Å². The zero-order valence-electron chi connectivity index (χ0n) is 14.0. The molecular formula is C19H23N3O3. The predicted molar refractivity (Wildman–Crippen MR) is 93.4 cm³/mol. The van der Waals surface area contributed by atoms with Crippen LogP contribution in [0.25, 0.3) is 11.0 Å². The molecule has 6 nitrogen and oxygen atoms in total. The lowest BCUT2D eigenvalue weighted by molar-refractivity contribution is -0.129. The molecule has 4 aliphatic rings. The van der Waals surface area contributed by atoms with Crippen LogP contribution in [-0.4, -0.2) is 44.2 Å². The van der Waals surface area contributed by atoms with E-state index in [-0.39, 0.29) is 11.8 Å². The Morgan fingerprint density at radius 3 is 2.76 bits per heavy atom. The molecule has 4 bridgehead atoms. The highest BCUT2D eigenvalue weighted by atomic mass is 16.3. The van der Waals surface area contributed by atoms with Crippen molar-refractivity contribution < 1.29 is 15.0 Å². The maximum absolute atomic E-state index is 12.2. The van der Waals surface area contributed by atoms with E-state index >= 15 is 0 Å². The Balaban J connectivity index is 1.54. The topological polar surface area (TPSA) is 98.2 Å². The van der Waals surface area contributed by atoms with Crippen molar-refractivity contribution >= 4 is 22.5 Å². The lowest BCUT2D eigenvalue weighted by Gasteiger charge is -2.58. The molecule has 2 atom stereocenters. The molecule has 0 saturated heterocycles. The number of aliphatic hydroxyl groups is 2. The number of aromatic amines is 1. The second kappa shape index (κ2) is 5.29. The quantitative estimate of drug-likeness (QED) is 0.638. The van der Waals surface area contributed by atoms with Crippen LogP contribution >= 0.6 is 0 Å². The normalized spacial score (nSPS) is 36.1. The van der Waals surface area contributed by atoms with Gasteiger partial charge in [0, 0.05) is 23.8 Å². The third-order valence-corrected chi connectivity index (χ3v) is 6.58. The molecule has 132 valence electrons. The number of hydrogen-bond donors (Lipinski definition) is 4. The summed E-state index contributed by atoms with van der Waals surface area (Å²) in [6.07, 6.45) is 8.32. The molecule has 0 radical (unpaired) electrons. The third kappa shape index (κ3) is 2.31. The van der Waals surface area contributed by atoms with Gasteiger partial charge in [0.25, 0.3) is 0 Å². The van der Waals surface area contributed by atoms with Gasteiger partial charge in [0.15, 0.2) is 5.78 Å². The molecular weight excluding hydrogens is 318 g/mol. The second-order valence-corrected chi connectivity index (χ2v) is 8.23. The van der Waals surface area contributed by atoms with Crippen LogP contribution in [0.5, 0.6) is 0 Å². The SMILES string of the molecule is O=C(CO)c1cnc2[nH]ccc2c1NC1[C@H]2CC3C[C@H]1CC(O)(C3)C2. The Labute approximate surface area is 145 Å². The molecule has 0 aromatic carbocycles. The van der Waals surface area contributed by atoms with Crippen LogP contribution in [0.3, 0.4) is 0 Å². The zero-order chi connectivity index (χ0) is 17.2. The van der Waals surface area contributed by atoms with Crippen molar-refractivity contribution in [2.45, 2.75) is 43.7 Å². The van der Waals surface area contributed by atoms with E-state index in [1.165, 1.54) is 0 Å². The van der Waals surface area contributed by atoms with E-state index in [2.05, 4.69) is 15.3 Å². The van der Waals surface area contributed by atoms with Crippen molar-refractivity contribution in [1.29, 1.82) is 0 Å². The Kier molecular flexibility index (Phi) is 3.24. The number of aliphatic hydroxyl groups excluding tert-OH is 1. The first-order valence-corrected chi connectivity index (χ1v) is 9.15. The number of H-pyrrole nitrogens is 1. The first-order chi connectivity index (χ1) is 12.1. The van der Waals surface area contributed by atoms with Gasteiger partial charge in [-0.25, -0.2) is 4.98 Å². The van der Waals surface area contributed by atoms with Crippen molar-refractivity contribution in [3.05, 3.63) is 24.0 Å². The summed E-state index contributed by atoms with van der Waals surface area (Å²) >= 11 is 0. The summed E-state index contributed by atoms with van der Waals surface area (Å²) < 4.78 is 0. The molecule has 6 heteroatoms. The summed E-state index contributed by atoms with van der Waals surface area (Å²) in [6.45, 7) is -0.522. The average Bonchev–Trinajstić information content (AvgIpc) is 3.04. The minimum Gasteiger partial charge on any atom is -0.390 e. The number of fused-ring (bicyclic) bond motifs is 1. The lowest BCUT2D eigenvalue weighted by Crippen LogP contribution is -2.59. The highest BCUT2D eigenvalue weighted by molar-refractivity contribution is 6.08. The smallest absolute Gasteiger partial charge is 0.191 e. The molecule has 0 amide bonds. The minimum atomic E-state index is -0.522. The molecule has 4 N–H and O–H groups in total. The van der Waals surface area contributed by atoms with Gasteiger partial charge >= 0.3 is 0 Å². The van der Waals surface area contributed by atoms with E-state index in [0.29, 0.717) is 23.3 Å². The molecule has 4 fully saturated rings. The van der Waals surface area contributed by atoms with Crippen molar-refractivity contribution in [3.63, 3.8) is 0 Å². The van der Waals surface area contributed by atoms with Crippen LogP contribution < -0.4 is 5.32 Å². The number of nitrogens with one attached hydrogen (secondary N) is 2. The highest BCUT2D eigenvalue weighted by Crippen LogP contribution is 2.56. The van der Waals surface area contributed by atoms with Crippen LogP contribution in [0.4, 0.5) is 5.69 Å². The van der Waals surface area contributed by atoms with Gasteiger partial charge in [-0.05, 0) is 55.9 Å². The number of pyridine rings is 1. The molecule has 25 heavy (non-hydrogen) atoms. The van der Waals surface area contributed by atoms with Crippen LogP contribution in [0.2, 0.25) is 0 Å². The van der Waals surface area contributed by atoms with Gasteiger partial charge in [-0.3, -0.25) is 4.79 Å². The predicted octanol–water partition coefficient (Wildman–Crippen LogP) is 2.09. The summed E-state index contributed by atoms with van der Waals surface area (Å²) in [5, 5.41) is 24.6. The van der Waals surface area contributed by atoms with Gasteiger partial charge in [-0.15, -0.1) is 0 Å². The summed E-state index contributed by atoms with van der Waals surface area (Å²) in [6, 6.07) is 2.19. The molecule has 6 rings (SSSR count). The number of carbonyl (C=O) groups is 1. The fraction of sp³-hybridized carbons (Fsp3) is 0.579. The highest BCUT2D eigenvalue weighted by Gasteiger charge is 2.54. The van der Waals surface area contributed by atoms with Crippen molar-refractivity contribution in [1.82, 2.24) is 9.97 Å².